The third kappa shape index (κ3) is 3.29. The zero-order valence-corrected chi connectivity index (χ0v) is 16.5. The standard InChI is InChI=1S/C22H28N2O2/c1-15(2)17-7-10-19(11-8-17)24-16(3)13-20(23(24)4)18-9-12-21(25-5)22(14-18)26-6/h7-15,20H,1-6H3. The molecule has 0 bridgehead atoms. The van der Waals surface area contributed by atoms with Crippen molar-refractivity contribution in [2.24, 2.45) is 0 Å². The monoisotopic (exact) mass is 352 g/mol. The molecule has 1 heterocycles. The van der Waals surface area contributed by atoms with Gasteiger partial charge in [-0.1, -0.05) is 32.0 Å². The fraction of sp³-hybridized carbons (Fsp3) is 0.364. The van der Waals surface area contributed by atoms with Crippen molar-refractivity contribution in [2.45, 2.75) is 32.7 Å². The van der Waals surface area contributed by atoms with E-state index in [0.29, 0.717) is 5.92 Å². The first-order valence-corrected chi connectivity index (χ1v) is 8.99. The van der Waals surface area contributed by atoms with Crippen LogP contribution in [0.4, 0.5) is 5.69 Å². The van der Waals surface area contributed by atoms with E-state index in [9.17, 15) is 0 Å². The number of rotatable bonds is 5. The molecule has 0 saturated heterocycles. The first-order valence-electron chi connectivity index (χ1n) is 8.99. The summed E-state index contributed by atoms with van der Waals surface area (Å²) in [5.74, 6) is 2.04. The predicted octanol–water partition coefficient (Wildman–Crippen LogP) is 5.14. The highest BCUT2D eigenvalue weighted by molar-refractivity contribution is 5.55. The molecule has 0 spiro atoms. The van der Waals surface area contributed by atoms with Crippen LogP contribution < -0.4 is 14.5 Å². The highest BCUT2D eigenvalue weighted by atomic mass is 16.5. The molecule has 4 nitrogen and oxygen atoms in total. The van der Waals surface area contributed by atoms with E-state index in [2.05, 4.69) is 80.3 Å². The molecule has 0 aromatic heterocycles. The summed E-state index contributed by atoms with van der Waals surface area (Å²) in [7, 11) is 5.44. The molecule has 0 fully saturated rings. The Bertz CT molecular complexity index is 796. The molecule has 1 unspecified atom stereocenters. The highest BCUT2D eigenvalue weighted by Crippen LogP contribution is 2.39. The summed E-state index contributed by atoms with van der Waals surface area (Å²) in [6, 6.07) is 15.1. The Morgan fingerprint density at radius 3 is 2.15 bits per heavy atom. The normalized spacial score (nSPS) is 17.6. The number of benzene rings is 2. The van der Waals surface area contributed by atoms with E-state index < -0.39 is 0 Å². The maximum atomic E-state index is 5.47. The number of hydrazine groups is 1. The summed E-state index contributed by atoms with van der Waals surface area (Å²) in [6.45, 7) is 6.58. The maximum absolute atomic E-state index is 5.47. The van der Waals surface area contributed by atoms with Crippen LogP contribution in [-0.4, -0.2) is 26.3 Å². The van der Waals surface area contributed by atoms with Crippen molar-refractivity contribution < 1.29 is 9.47 Å². The predicted molar refractivity (Wildman–Crippen MR) is 107 cm³/mol. The first kappa shape index (κ1) is 18.3. The molecule has 138 valence electrons. The van der Waals surface area contributed by atoms with Gasteiger partial charge in [0, 0.05) is 12.7 Å². The van der Waals surface area contributed by atoms with Gasteiger partial charge in [-0.05, 0) is 54.3 Å². The molecule has 2 aromatic rings. The summed E-state index contributed by atoms with van der Waals surface area (Å²) in [4.78, 5) is 0. The molecule has 1 aliphatic rings. The van der Waals surface area contributed by atoms with E-state index in [1.165, 1.54) is 22.5 Å². The van der Waals surface area contributed by atoms with Gasteiger partial charge in [0.05, 0.1) is 25.9 Å². The van der Waals surface area contributed by atoms with Crippen LogP contribution in [0.5, 0.6) is 11.5 Å². The van der Waals surface area contributed by atoms with Gasteiger partial charge in [-0.3, -0.25) is 5.01 Å². The summed E-state index contributed by atoms with van der Waals surface area (Å²) < 4.78 is 10.8. The zero-order valence-electron chi connectivity index (χ0n) is 16.5. The average Bonchev–Trinajstić information content (AvgIpc) is 2.95. The second-order valence-electron chi connectivity index (χ2n) is 7.00. The summed E-state index contributed by atoms with van der Waals surface area (Å²) in [6.07, 6.45) is 2.28. The Hall–Kier alpha value is -2.46. The lowest BCUT2D eigenvalue weighted by Gasteiger charge is -2.32. The molecular formula is C22H28N2O2. The quantitative estimate of drug-likeness (QED) is 0.744. The van der Waals surface area contributed by atoms with E-state index in [4.69, 9.17) is 9.47 Å². The number of hydrogen-bond acceptors (Lipinski definition) is 4. The van der Waals surface area contributed by atoms with E-state index in [-0.39, 0.29) is 6.04 Å². The minimum absolute atomic E-state index is 0.152. The van der Waals surface area contributed by atoms with Crippen molar-refractivity contribution in [2.75, 3.05) is 26.3 Å². The molecule has 1 atom stereocenters. The number of allylic oxidation sites excluding steroid dienone is 1. The highest BCUT2D eigenvalue weighted by Gasteiger charge is 2.29. The molecular weight excluding hydrogens is 324 g/mol. The molecule has 3 rings (SSSR count). The molecule has 0 N–H and O–H groups in total. The second kappa shape index (κ2) is 7.42. The van der Waals surface area contributed by atoms with Gasteiger partial charge in [0.2, 0.25) is 0 Å². The van der Waals surface area contributed by atoms with Gasteiger partial charge in [0.25, 0.3) is 0 Å². The van der Waals surface area contributed by atoms with Crippen molar-refractivity contribution >= 4 is 5.69 Å². The molecule has 0 aliphatic carbocycles. The van der Waals surface area contributed by atoms with Crippen LogP contribution in [0.3, 0.4) is 0 Å². The van der Waals surface area contributed by atoms with Gasteiger partial charge in [0.15, 0.2) is 11.5 Å². The SMILES string of the molecule is COc1ccc(C2C=C(C)N(c3ccc(C(C)C)cc3)N2C)cc1OC. The van der Waals surface area contributed by atoms with Gasteiger partial charge >= 0.3 is 0 Å². The Labute approximate surface area is 156 Å². The topological polar surface area (TPSA) is 24.9 Å². The van der Waals surface area contributed by atoms with Crippen LogP contribution in [-0.2, 0) is 0 Å². The minimum Gasteiger partial charge on any atom is -0.493 e. The van der Waals surface area contributed by atoms with E-state index in [1.807, 2.05) is 6.07 Å². The van der Waals surface area contributed by atoms with Crippen molar-refractivity contribution in [1.82, 2.24) is 5.01 Å². The van der Waals surface area contributed by atoms with Crippen molar-refractivity contribution in [3.8, 4) is 11.5 Å². The Morgan fingerprint density at radius 2 is 1.58 bits per heavy atom. The van der Waals surface area contributed by atoms with E-state index >= 15 is 0 Å². The van der Waals surface area contributed by atoms with Crippen molar-refractivity contribution in [3.05, 3.63) is 65.4 Å². The number of nitrogens with zero attached hydrogens (tertiary/aromatic N) is 2. The second-order valence-corrected chi connectivity index (χ2v) is 7.00. The largest absolute Gasteiger partial charge is 0.493 e. The fourth-order valence-corrected chi connectivity index (χ4v) is 3.52. The minimum atomic E-state index is 0.152. The van der Waals surface area contributed by atoms with Crippen molar-refractivity contribution in [3.63, 3.8) is 0 Å². The number of methoxy groups -OCH3 is 2. The van der Waals surface area contributed by atoms with Crippen LogP contribution in [0.15, 0.2) is 54.2 Å². The molecule has 26 heavy (non-hydrogen) atoms. The van der Waals surface area contributed by atoms with Crippen LogP contribution >= 0.6 is 0 Å². The third-order valence-electron chi connectivity index (χ3n) is 5.00. The van der Waals surface area contributed by atoms with Gasteiger partial charge in [-0.2, -0.15) is 0 Å². The average molecular weight is 352 g/mol. The molecule has 4 heteroatoms. The van der Waals surface area contributed by atoms with Crippen LogP contribution in [0.25, 0.3) is 0 Å². The zero-order chi connectivity index (χ0) is 18.8. The van der Waals surface area contributed by atoms with Crippen LogP contribution in [0.2, 0.25) is 0 Å². The molecule has 0 saturated carbocycles. The van der Waals surface area contributed by atoms with E-state index in [1.54, 1.807) is 14.2 Å². The van der Waals surface area contributed by atoms with Gasteiger partial charge < -0.3 is 9.47 Å². The molecule has 2 aromatic carbocycles. The smallest absolute Gasteiger partial charge is 0.161 e. The Kier molecular flexibility index (Phi) is 5.23. The number of anilines is 1. The Morgan fingerprint density at radius 1 is 0.923 bits per heavy atom. The summed E-state index contributed by atoms with van der Waals surface area (Å²) in [5.41, 5.74) is 4.91. The first-order chi connectivity index (χ1) is 12.5. The number of likely N-dealkylation sites (N-methyl/N-ethyl adjacent to an activating group) is 1. The molecule has 0 amide bonds. The third-order valence-corrected chi connectivity index (χ3v) is 5.00. The fourth-order valence-electron chi connectivity index (χ4n) is 3.52. The van der Waals surface area contributed by atoms with Gasteiger partial charge in [0.1, 0.15) is 0 Å². The lowest BCUT2D eigenvalue weighted by molar-refractivity contribution is 0.304. The van der Waals surface area contributed by atoms with Crippen molar-refractivity contribution in [1.29, 1.82) is 0 Å². The van der Waals surface area contributed by atoms with Crippen LogP contribution in [0, 0.1) is 0 Å². The maximum Gasteiger partial charge on any atom is 0.161 e. The summed E-state index contributed by atoms with van der Waals surface area (Å²) in [5, 5.41) is 4.51. The molecule has 0 radical (unpaired) electrons. The summed E-state index contributed by atoms with van der Waals surface area (Å²) >= 11 is 0. The van der Waals surface area contributed by atoms with Crippen LogP contribution in [0.1, 0.15) is 43.9 Å². The Balaban J connectivity index is 1.89. The number of hydrogen-bond donors (Lipinski definition) is 0. The lowest BCUT2D eigenvalue weighted by atomic mass is 10.0. The number of ether oxygens (including phenoxy) is 2. The van der Waals surface area contributed by atoms with Gasteiger partial charge in [-0.15, -0.1) is 0 Å². The van der Waals surface area contributed by atoms with E-state index in [0.717, 1.165) is 11.5 Å². The van der Waals surface area contributed by atoms with Gasteiger partial charge in [-0.25, -0.2) is 5.01 Å². The lowest BCUT2D eigenvalue weighted by Crippen LogP contribution is -2.35. The molecule has 1 aliphatic heterocycles.